The van der Waals surface area contributed by atoms with Gasteiger partial charge in [0, 0.05) is 8.22 Å². The van der Waals surface area contributed by atoms with E-state index in [4.69, 9.17) is 8.22 Å². The van der Waals surface area contributed by atoms with Gasteiger partial charge in [0.25, 0.3) is 0 Å². The Labute approximate surface area is 63.4 Å². The third-order valence-corrected chi connectivity index (χ3v) is 0.997. The molecule has 1 nitrogen and oxygen atoms in total. The fourth-order valence-electron chi connectivity index (χ4n) is 0.536. The molecule has 0 atom stereocenters. The highest BCUT2D eigenvalue weighted by atomic mass is 16.3. The first-order chi connectivity index (χ1) is 6.62. The van der Waals surface area contributed by atoms with Gasteiger partial charge in [-0.2, -0.15) is 0 Å². The zero-order valence-electron chi connectivity index (χ0n) is 10.7. The van der Waals surface area contributed by atoms with Crippen molar-refractivity contribution in [1.29, 1.82) is 0 Å². The van der Waals surface area contributed by atoms with Gasteiger partial charge in [0.05, 0.1) is 0 Å². The van der Waals surface area contributed by atoms with Crippen LogP contribution >= 0.6 is 0 Å². The first kappa shape index (κ1) is 2.01. The van der Waals surface area contributed by atoms with Gasteiger partial charge in [-0.25, -0.2) is 0 Å². The monoisotopic (exact) mass is 128 g/mol. The molecule has 0 bridgehead atoms. The summed E-state index contributed by atoms with van der Waals surface area (Å²) in [5, 5.41) is 9.29. The van der Waals surface area contributed by atoms with E-state index in [0.717, 1.165) is 12.1 Å². The van der Waals surface area contributed by atoms with Crippen molar-refractivity contribution in [3.63, 3.8) is 0 Å². The highest BCUT2D eigenvalue weighted by molar-refractivity contribution is 5.34. The van der Waals surface area contributed by atoms with Gasteiger partial charge in [0.1, 0.15) is 5.75 Å². The lowest BCUT2D eigenvalue weighted by molar-refractivity contribution is 0.471. The quantitative estimate of drug-likeness (QED) is 0.566. The normalized spacial score (nSPS) is 22.2. The third-order valence-electron chi connectivity index (χ3n) is 0.997. The predicted molar refractivity (Wildman–Crippen MR) is 37.6 cm³/mol. The van der Waals surface area contributed by atoms with Gasteiger partial charge in [-0.15, -0.1) is 0 Å². The number of hydrogen-bond acceptors (Lipinski definition) is 1. The minimum Gasteiger partial charge on any atom is -0.508 e. The van der Waals surface area contributed by atoms with E-state index in [9.17, 15) is 5.11 Å². The largest absolute Gasteiger partial charge is 0.508 e. The van der Waals surface area contributed by atoms with Crippen molar-refractivity contribution in [3.8, 4) is 5.75 Å². The van der Waals surface area contributed by atoms with Crippen molar-refractivity contribution in [3.05, 3.63) is 29.3 Å². The van der Waals surface area contributed by atoms with E-state index in [1.54, 1.807) is 0 Å². The summed E-state index contributed by atoms with van der Waals surface area (Å²) in [7, 11) is 0. The molecule has 0 fully saturated rings. The van der Waals surface area contributed by atoms with E-state index in [1.807, 2.05) is 0 Å². The second-order valence-electron chi connectivity index (χ2n) is 1.73. The minimum atomic E-state index is -2.51. The van der Waals surface area contributed by atoms with Crippen molar-refractivity contribution < 1.29 is 13.3 Å². The molecule has 0 aromatic heterocycles. The van der Waals surface area contributed by atoms with Gasteiger partial charge in [0.2, 0.25) is 0 Å². The number of aromatic hydroxyl groups is 1. The lowest BCUT2D eigenvalue weighted by Crippen LogP contribution is -1.75. The smallest absolute Gasteiger partial charge is 0.118 e. The summed E-state index contributed by atoms with van der Waals surface area (Å²) in [5.74, 6) is -0.414. The molecule has 0 aliphatic carbocycles. The molecule has 1 aromatic rings. The first-order valence-corrected chi connectivity index (χ1v) is 2.46. The van der Waals surface area contributed by atoms with Crippen LogP contribution in [0.3, 0.4) is 0 Å². The van der Waals surface area contributed by atoms with Crippen LogP contribution in [-0.2, 0) is 0 Å². The summed E-state index contributed by atoms with van der Waals surface area (Å²) >= 11 is 0. The summed E-state index contributed by atoms with van der Waals surface area (Å²) in [6.45, 7) is -4.88. The number of phenols is 1. The van der Waals surface area contributed by atoms with Crippen LogP contribution in [0.5, 0.6) is 5.75 Å². The molecule has 0 saturated heterocycles. The first-order valence-electron chi connectivity index (χ1n) is 5.46. The van der Waals surface area contributed by atoms with Gasteiger partial charge in [0.15, 0.2) is 0 Å². The molecule has 0 aliphatic heterocycles. The fourth-order valence-corrected chi connectivity index (χ4v) is 0.536. The Kier molecular flexibility index (Phi) is 0.468. The van der Waals surface area contributed by atoms with Crippen molar-refractivity contribution >= 4 is 0 Å². The summed E-state index contributed by atoms with van der Waals surface area (Å²) in [4.78, 5) is 0. The summed E-state index contributed by atoms with van der Waals surface area (Å²) in [6.07, 6.45) is 0. The SMILES string of the molecule is [2H]C([2H])([2H])c1ccc(O)c(C([2H])([2H])[2H])c1. The van der Waals surface area contributed by atoms with Crippen LogP contribution in [0.1, 0.15) is 19.4 Å². The molecule has 48 valence electrons. The van der Waals surface area contributed by atoms with Gasteiger partial charge >= 0.3 is 0 Å². The Balaban J connectivity index is 3.30. The molecule has 0 amide bonds. The maximum Gasteiger partial charge on any atom is 0.118 e. The maximum absolute atomic E-state index is 9.29. The second kappa shape index (κ2) is 2.09. The predicted octanol–water partition coefficient (Wildman–Crippen LogP) is 2.01. The highest BCUT2D eigenvalue weighted by Gasteiger charge is 1.91. The van der Waals surface area contributed by atoms with Gasteiger partial charge in [-0.05, 0) is 25.3 Å². The molecular weight excluding hydrogens is 112 g/mol. The van der Waals surface area contributed by atoms with Crippen LogP contribution in [0.25, 0.3) is 0 Å². The molecule has 1 rings (SSSR count). The number of phenolic OH excluding ortho intramolecular Hbond substituents is 1. The van der Waals surface area contributed by atoms with E-state index < -0.39 is 19.5 Å². The Morgan fingerprint density at radius 2 is 2.33 bits per heavy atom. The van der Waals surface area contributed by atoms with Gasteiger partial charge < -0.3 is 5.11 Å². The maximum atomic E-state index is 9.29. The van der Waals surface area contributed by atoms with Crippen molar-refractivity contribution in [1.82, 2.24) is 0 Å². The van der Waals surface area contributed by atoms with E-state index >= 15 is 0 Å². The zero-order valence-corrected chi connectivity index (χ0v) is 4.68. The molecule has 1 aromatic carbocycles. The molecule has 0 saturated carbocycles. The Hall–Kier alpha value is -0.980. The Morgan fingerprint density at radius 1 is 1.44 bits per heavy atom. The van der Waals surface area contributed by atoms with Crippen LogP contribution in [0.15, 0.2) is 18.2 Å². The summed E-state index contributed by atoms with van der Waals surface area (Å²) < 4.78 is 42.7. The van der Waals surface area contributed by atoms with Crippen LogP contribution in [-0.4, -0.2) is 5.11 Å². The number of aryl methyl sites for hydroxylation is 2. The number of rotatable bonds is 0. The zero-order chi connectivity index (χ0) is 11.9. The van der Waals surface area contributed by atoms with Crippen molar-refractivity contribution in [2.45, 2.75) is 13.7 Å². The van der Waals surface area contributed by atoms with Crippen molar-refractivity contribution in [2.24, 2.45) is 0 Å². The molecule has 0 unspecified atom stereocenters. The molecule has 0 aliphatic rings. The van der Waals surface area contributed by atoms with E-state index in [-0.39, 0.29) is 11.1 Å². The standard InChI is InChI=1S/C8H10O/c1-6-3-4-8(9)7(2)5-6/h3-5,9H,1-2H3/i1D3,2D3. The van der Waals surface area contributed by atoms with Crippen molar-refractivity contribution in [2.75, 3.05) is 0 Å². The fraction of sp³-hybridized carbons (Fsp3) is 0.250. The van der Waals surface area contributed by atoms with E-state index in [1.165, 1.54) is 6.07 Å². The van der Waals surface area contributed by atoms with Crippen LogP contribution in [0, 0.1) is 13.7 Å². The lowest BCUT2D eigenvalue weighted by Gasteiger charge is -1.97. The molecule has 0 heterocycles. The molecule has 0 spiro atoms. The molecule has 0 radical (unpaired) electrons. The average molecular weight is 128 g/mol. The topological polar surface area (TPSA) is 20.2 Å². The summed E-state index contributed by atoms with van der Waals surface area (Å²) in [5.41, 5.74) is -0.428. The van der Waals surface area contributed by atoms with Crippen LogP contribution < -0.4 is 0 Å². The molecule has 1 heteroatoms. The number of hydrogen-bond donors (Lipinski definition) is 1. The second-order valence-corrected chi connectivity index (χ2v) is 1.73. The average Bonchev–Trinajstić information content (AvgIpc) is 2.00. The Morgan fingerprint density at radius 3 is 3.00 bits per heavy atom. The van der Waals surface area contributed by atoms with Gasteiger partial charge in [-0.1, -0.05) is 17.7 Å². The van der Waals surface area contributed by atoms with E-state index in [0.29, 0.717) is 0 Å². The molecule has 1 N–H and O–H groups in total. The Bertz CT molecular complexity index is 364. The number of benzene rings is 1. The summed E-state index contributed by atoms with van der Waals surface area (Å²) in [6, 6.07) is 3.27. The molecule has 9 heavy (non-hydrogen) atoms. The molecular formula is C8H10O. The van der Waals surface area contributed by atoms with Crippen LogP contribution in [0.4, 0.5) is 0 Å². The van der Waals surface area contributed by atoms with Gasteiger partial charge in [-0.3, -0.25) is 0 Å². The van der Waals surface area contributed by atoms with Crippen LogP contribution in [0.2, 0.25) is 0 Å². The third kappa shape index (κ3) is 1.22. The lowest BCUT2D eigenvalue weighted by atomic mass is 10.1. The highest BCUT2D eigenvalue weighted by Crippen LogP contribution is 2.15. The van der Waals surface area contributed by atoms with E-state index in [2.05, 4.69) is 0 Å². The minimum absolute atomic E-state index is 0.0913.